The first-order valence-corrected chi connectivity index (χ1v) is 5.15. The lowest BCUT2D eigenvalue weighted by Gasteiger charge is -2.06. The van der Waals surface area contributed by atoms with E-state index in [2.05, 4.69) is 5.16 Å². The Morgan fingerprint density at radius 3 is 2.59 bits per heavy atom. The van der Waals surface area contributed by atoms with E-state index in [9.17, 15) is 4.79 Å². The maximum absolute atomic E-state index is 10.6. The minimum Gasteiger partial charge on any atom is -0.480 e. The predicted molar refractivity (Wildman–Crippen MR) is 61.3 cm³/mol. The molecule has 0 saturated carbocycles. The summed E-state index contributed by atoms with van der Waals surface area (Å²) in [5.74, 6) is -0.316. The van der Waals surface area contributed by atoms with Gasteiger partial charge in [-0.3, -0.25) is 4.79 Å². The van der Waals surface area contributed by atoms with Gasteiger partial charge < -0.3 is 15.4 Å². The fourth-order valence-corrected chi connectivity index (χ4v) is 1.51. The van der Waals surface area contributed by atoms with Crippen LogP contribution in [0.15, 0.2) is 41.1 Å². The molecule has 88 valence electrons. The van der Waals surface area contributed by atoms with Crippen LogP contribution in [-0.2, 0) is 11.2 Å². The Kier molecular flexibility index (Phi) is 3.20. The summed E-state index contributed by atoms with van der Waals surface area (Å²) in [4.78, 5) is 10.6. The zero-order valence-corrected chi connectivity index (χ0v) is 9.04. The third-order valence-corrected chi connectivity index (χ3v) is 2.45. The molecule has 0 unspecified atom stereocenters. The number of carboxylic acids is 1. The molecule has 0 aliphatic carbocycles. The van der Waals surface area contributed by atoms with Crippen LogP contribution in [0.1, 0.15) is 5.56 Å². The van der Waals surface area contributed by atoms with Crippen LogP contribution in [0.4, 0.5) is 0 Å². The minimum atomic E-state index is -0.996. The summed E-state index contributed by atoms with van der Waals surface area (Å²) in [6.45, 7) is 0. The van der Waals surface area contributed by atoms with E-state index in [4.69, 9.17) is 15.4 Å². The van der Waals surface area contributed by atoms with Crippen LogP contribution < -0.4 is 5.73 Å². The van der Waals surface area contributed by atoms with Gasteiger partial charge in [-0.25, -0.2) is 0 Å². The van der Waals surface area contributed by atoms with Gasteiger partial charge in [-0.05, 0) is 12.0 Å². The second kappa shape index (κ2) is 4.80. The molecule has 0 saturated heterocycles. The van der Waals surface area contributed by atoms with Crippen molar-refractivity contribution in [3.8, 4) is 11.3 Å². The minimum absolute atomic E-state index is 0.312. The summed E-state index contributed by atoms with van der Waals surface area (Å²) in [6.07, 6.45) is 1.88. The number of aliphatic carboxylic acids is 1. The summed E-state index contributed by atoms with van der Waals surface area (Å²) in [5.41, 5.74) is 7.23. The van der Waals surface area contributed by atoms with Gasteiger partial charge in [-0.15, -0.1) is 0 Å². The van der Waals surface area contributed by atoms with E-state index < -0.39 is 12.0 Å². The van der Waals surface area contributed by atoms with E-state index in [0.29, 0.717) is 12.2 Å². The van der Waals surface area contributed by atoms with Gasteiger partial charge in [-0.1, -0.05) is 29.4 Å². The van der Waals surface area contributed by atoms with E-state index in [1.165, 1.54) is 0 Å². The lowest BCUT2D eigenvalue weighted by atomic mass is 10.0. The van der Waals surface area contributed by atoms with Gasteiger partial charge >= 0.3 is 5.97 Å². The number of carbonyl (C=O) groups is 1. The predicted octanol–water partition coefficient (Wildman–Crippen LogP) is 1.30. The van der Waals surface area contributed by atoms with Crippen molar-refractivity contribution in [3.05, 3.63) is 42.1 Å². The van der Waals surface area contributed by atoms with Gasteiger partial charge in [0.15, 0.2) is 5.76 Å². The molecule has 0 bridgehead atoms. The van der Waals surface area contributed by atoms with Crippen LogP contribution in [0.3, 0.4) is 0 Å². The highest BCUT2D eigenvalue weighted by Crippen LogP contribution is 2.19. The maximum atomic E-state index is 10.6. The smallest absolute Gasteiger partial charge is 0.320 e. The number of hydrogen-bond donors (Lipinski definition) is 2. The van der Waals surface area contributed by atoms with Crippen molar-refractivity contribution < 1.29 is 14.4 Å². The molecule has 5 nitrogen and oxygen atoms in total. The molecule has 1 aromatic heterocycles. The van der Waals surface area contributed by atoms with Crippen LogP contribution in [0.2, 0.25) is 0 Å². The molecule has 2 aromatic rings. The lowest BCUT2D eigenvalue weighted by molar-refractivity contribution is -0.138. The van der Waals surface area contributed by atoms with Gasteiger partial charge in [0, 0.05) is 11.6 Å². The molecular formula is C12H12N2O3. The number of hydrogen-bond acceptors (Lipinski definition) is 4. The number of aromatic nitrogens is 1. The van der Waals surface area contributed by atoms with E-state index in [1.54, 1.807) is 12.3 Å². The van der Waals surface area contributed by atoms with E-state index in [0.717, 1.165) is 11.1 Å². The summed E-state index contributed by atoms with van der Waals surface area (Å²) in [6, 6.07) is 8.26. The Bertz CT molecular complexity index is 491. The third kappa shape index (κ3) is 2.70. The number of nitrogens with two attached hydrogens (primary N) is 1. The SMILES string of the molecule is N[C@@H](Cc1ccc(-c2ccno2)cc1)C(=O)O. The number of carboxylic acid groups (broad SMARTS) is 1. The molecule has 1 heterocycles. The molecule has 0 aliphatic heterocycles. The van der Waals surface area contributed by atoms with Crippen molar-refractivity contribution in [2.45, 2.75) is 12.5 Å². The third-order valence-electron chi connectivity index (χ3n) is 2.45. The summed E-state index contributed by atoms with van der Waals surface area (Å²) >= 11 is 0. The summed E-state index contributed by atoms with van der Waals surface area (Å²) < 4.78 is 5.01. The Morgan fingerprint density at radius 1 is 1.35 bits per heavy atom. The molecule has 0 amide bonds. The number of rotatable bonds is 4. The average Bonchev–Trinajstić information content (AvgIpc) is 2.83. The van der Waals surface area contributed by atoms with Crippen LogP contribution in [0.5, 0.6) is 0 Å². The first kappa shape index (κ1) is 11.3. The Labute approximate surface area is 97.8 Å². The van der Waals surface area contributed by atoms with Crippen molar-refractivity contribution in [3.63, 3.8) is 0 Å². The first-order chi connectivity index (χ1) is 8.16. The van der Waals surface area contributed by atoms with Crippen molar-refractivity contribution >= 4 is 5.97 Å². The monoisotopic (exact) mass is 232 g/mol. The van der Waals surface area contributed by atoms with Crippen LogP contribution in [-0.4, -0.2) is 22.3 Å². The largest absolute Gasteiger partial charge is 0.480 e. The van der Waals surface area contributed by atoms with Gasteiger partial charge in [0.1, 0.15) is 6.04 Å². The Hall–Kier alpha value is -2.14. The first-order valence-electron chi connectivity index (χ1n) is 5.15. The van der Waals surface area contributed by atoms with E-state index >= 15 is 0 Å². The van der Waals surface area contributed by atoms with Gasteiger partial charge in [-0.2, -0.15) is 0 Å². The normalized spacial score (nSPS) is 12.3. The molecule has 1 atom stereocenters. The fraction of sp³-hybridized carbons (Fsp3) is 0.167. The molecule has 17 heavy (non-hydrogen) atoms. The quantitative estimate of drug-likeness (QED) is 0.829. The van der Waals surface area contributed by atoms with Crippen molar-refractivity contribution in [2.75, 3.05) is 0 Å². The molecule has 0 spiro atoms. The van der Waals surface area contributed by atoms with Crippen LogP contribution in [0.25, 0.3) is 11.3 Å². The molecule has 1 aromatic carbocycles. The second-order valence-electron chi connectivity index (χ2n) is 3.72. The van der Waals surface area contributed by atoms with Crippen LogP contribution in [0, 0.1) is 0 Å². The average molecular weight is 232 g/mol. The maximum Gasteiger partial charge on any atom is 0.320 e. The van der Waals surface area contributed by atoms with E-state index in [1.807, 2.05) is 24.3 Å². The molecule has 0 aliphatic rings. The Balaban J connectivity index is 2.11. The highest BCUT2D eigenvalue weighted by Gasteiger charge is 2.12. The van der Waals surface area contributed by atoms with Crippen molar-refractivity contribution in [1.29, 1.82) is 0 Å². The van der Waals surface area contributed by atoms with Crippen molar-refractivity contribution in [2.24, 2.45) is 5.73 Å². The van der Waals surface area contributed by atoms with Gasteiger partial charge in [0.05, 0.1) is 6.20 Å². The molecule has 3 N–H and O–H groups in total. The van der Waals surface area contributed by atoms with Gasteiger partial charge in [0.2, 0.25) is 0 Å². The highest BCUT2D eigenvalue weighted by atomic mass is 16.5. The standard InChI is InChI=1S/C12H12N2O3/c13-10(12(15)16)7-8-1-3-9(4-2-8)11-5-6-14-17-11/h1-6,10H,7,13H2,(H,15,16)/t10-/m0/s1. The summed E-state index contributed by atoms with van der Waals surface area (Å²) in [5, 5.41) is 12.3. The molecule has 0 fully saturated rings. The van der Waals surface area contributed by atoms with Gasteiger partial charge in [0.25, 0.3) is 0 Å². The zero-order chi connectivity index (χ0) is 12.3. The number of benzene rings is 1. The Morgan fingerprint density at radius 2 is 2.06 bits per heavy atom. The zero-order valence-electron chi connectivity index (χ0n) is 9.04. The van der Waals surface area contributed by atoms with E-state index in [-0.39, 0.29) is 0 Å². The number of nitrogens with zero attached hydrogens (tertiary/aromatic N) is 1. The second-order valence-corrected chi connectivity index (χ2v) is 3.72. The highest BCUT2D eigenvalue weighted by molar-refractivity contribution is 5.73. The van der Waals surface area contributed by atoms with Crippen molar-refractivity contribution in [1.82, 2.24) is 5.16 Å². The fourth-order valence-electron chi connectivity index (χ4n) is 1.51. The van der Waals surface area contributed by atoms with Crippen LogP contribution >= 0.6 is 0 Å². The molecule has 5 heteroatoms. The lowest BCUT2D eigenvalue weighted by Crippen LogP contribution is -2.32. The summed E-state index contributed by atoms with van der Waals surface area (Å²) in [7, 11) is 0. The molecular weight excluding hydrogens is 220 g/mol. The topological polar surface area (TPSA) is 89.4 Å². The molecule has 2 rings (SSSR count). The molecule has 0 radical (unpaired) electrons.